The van der Waals surface area contributed by atoms with Crippen LogP contribution in [0.3, 0.4) is 0 Å². The Kier molecular flexibility index (Phi) is 4.69. The van der Waals surface area contributed by atoms with Crippen LogP contribution in [0.5, 0.6) is 0 Å². The molecule has 1 N–H and O–H groups in total. The van der Waals surface area contributed by atoms with Crippen LogP contribution in [-0.2, 0) is 0 Å². The van der Waals surface area contributed by atoms with Gasteiger partial charge in [-0.05, 0) is 42.9 Å². The molecule has 1 aromatic rings. The van der Waals surface area contributed by atoms with Crippen LogP contribution in [0.2, 0.25) is 0 Å². The van der Waals surface area contributed by atoms with Crippen molar-refractivity contribution in [3.63, 3.8) is 0 Å². The zero-order chi connectivity index (χ0) is 11.3. The van der Waals surface area contributed by atoms with Gasteiger partial charge in [0.1, 0.15) is 0 Å². The molecule has 1 aromatic carbocycles. The Morgan fingerprint density at radius 2 is 2.20 bits per heavy atom. The van der Waals surface area contributed by atoms with Crippen LogP contribution in [-0.4, -0.2) is 16.8 Å². The van der Waals surface area contributed by atoms with E-state index in [4.69, 9.17) is 5.11 Å². The largest absolute Gasteiger partial charge is 0.478 e. The third-order valence-corrected chi connectivity index (χ3v) is 3.27. The highest BCUT2D eigenvalue weighted by molar-refractivity contribution is 7.99. The molecule has 0 atom stereocenters. The topological polar surface area (TPSA) is 37.3 Å². The maximum atomic E-state index is 10.8. The fourth-order valence-corrected chi connectivity index (χ4v) is 2.39. The molecular weight excluding hydrogens is 208 g/mol. The van der Waals surface area contributed by atoms with Gasteiger partial charge >= 0.3 is 5.97 Å². The summed E-state index contributed by atoms with van der Waals surface area (Å²) in [5, 5.41) is 8.86. The van der Waals surface area contributed by atoms with Gasteiger partial charge in [0.15, 0.2) is 0 Å². The maximum absolute atomic E-state index is 10.8. The number of hydrogen-bond donors (Lipinski definition) is 1. The molecule has 0 unspecified atom stereocenters. The third kappa shape index (κ3) is 3.59. The Bertz CT molecular complexity index is 347. The number of aromatic carboxylic acids is 1. The van der Waals surface area contributed by atoms with Crippen molar-refractivity contribution in [3.8, 4) is 0 Å². The minimum absolute atomic E-state index is 0.398. The van der Waals surface area contributed by atoms with E-state index in [0.29, 0.717) is 5.56 Å². The second-order valence-corrected chi connectivity index (χ2v) is 4.65. The average Bonchev–Trinajstić information content (AvgIpc) is 2.17. The molecule has 0 fully saturated rings. The fourth-order valence-electron chi connectivity index (χ4n) is 1.30. The Labute approximate surface area is 94.7 Å². The predicted octanol–water partition coefficient (Wildman–Crippen LogP) is 3.59. The SMILES string of the molecule is CCCCSc1ccc(C(=O)O)c(C)c1. The molecule has 0 saturated heterocycles. The lowest BCUT2D eigenvalue weighted by atomic mass is 10.1. The number of hydrogen-bond acceptors (Lipinski definition) is 2. The molecular formula is C12H16O2S. The molecule has 2 nitrogen and oxygen atoms in total. The van der Waals surface area contributed by atoms with Crippen molar-refractivity contribution in [1.82, 2.24) is 0 Å². The van der Waals surface area contributed by atoms with Crippen molar-refractivity contribution in [1.29, 1.82) is 0 Å². The van der Waals surface area contributed by atoms with Gasteiger partial charge < -0.3 is 5.11 Å². The number of thioether (sulfide) groups is 1. The standard InChI is InChI=1S/C12H16O2S/c1-3-4-7-15-10-5-6-11(12(13)14)9(2)8-10/h5-6,8H,3-4,7H2,1-2H3,(H,13,14). The highest BCUT2D eigenvalue weighted by Gasteiger charge is 2.06. The monoisotopic (exact) mass is 224 g/mol. The molecule has 0 bridgehead atoms. The minimum Gasteiger partial charge on any atom is -0.478 e. The van der Waals surface area contributed by atoms with E-state index in [1.165, 1.54) is 12.8 Å². The highest BCUT2D eigenvalue weighted by atomic mass is 32.2. The summed E-state index contributed by atoms with van der Waals surface area (Å²) in [6, 6.07) is 5.52. The van der Waals surface area contributed by atoms with E-state index in [2.05, 4.69) is 6.92 Å². The van der Waals surface area contributed by atoms with Gasteiger partial charge in [0.05, 0.1) is 5.56 Å². The van der Waals surface area contributed by atoms with Crippen LogP contribution in [0.15, 0.2) is 23.1 Å². The van der Waals surface area contributed by atoms with Gasteiger partial charge in [0.2, 0.25) is 0 Å². The molecule has 0 spiro atoms. The zero-order valence-corrected chi connectivity index (χ0v) is 9.93. The summed E-state index contributed by atoms with van der Waals surface area (Å²) in [5.41, 5.74) is 1.24. The molecule has 0 aromatic heterocycles. The van der Waals surface area contributed by atoms with E-state index in [1.807, 2.05) is 19.1 Å². The van der Waals surface area contributed by atoms with E-state index < -0.39 is 5.97 Å². The Morgan fingerprint density at radius 1 is 1.47 bits per heavy atom. The Morgan fingerprint density at radius 3 is 2.73 bits per heavy atom. The van der Waals surface area contributed by atoms with Crippen molar-refractivity contribution >= 4 is 17.7 Å². The lowest BCUT2D eigenvalue weighted by Crippen LogP contribution is -1.99. The number of carboxylic acid groups (broad SMARTS) is 1. The second kappa shape index (κ2) is 5.81. The lowest BCUT2D eigenvalue weighted by molar-refractivity contribution is 0.0696. The minimum atomic E-state index is -0.849. The molecule has 82 valence electrons. The van der Waals surface area contributed by atoms with Gasteiger partial charge in [-0.25, -0.2) is 4.79 Å². The maximum Gasteiger partial charge on any atom is 0.335 e. The van der Waals surface area contributed by atoms with Crippen LogP contribution >= 0.6 is 11.8 Å². The van der Waals surface area contributed by atoms with Crippen molar-refractivity contribution in [3.05, 3.63) is 29.3 Å². The third-order valence-electron chi connectivity index (χ3n) is 2.19. The first-order valence-electron chi connectivity index (χ1n) is 5.12. The van der Waals surface area contributed by atoms with Crippen molar-refractivity contribution in [2.75, 3.05) is 5.75 Å². The van der Waals surface area contributed by atoms with Gasteiger partial charge in [0.25, 0.3) is 0 Å². The molecule has 15 heavy (non-hydrogen) atoms. The summed E-state index contributed by atoms with van der Waals surface area (Å²) >= 11 is 1.79. The first kappa shape index (κ1) is 12.1. The summed E-state index contributed by atoms with van der Waals surface area (Å²) in [6.45, 7) is 4.01. The van der Waals surface area contributed by atoms with Gasteiger partial charge in [-0.1, -0.05) is 13.3 Å². The Hall–Kier alpha value is -0.960. The van der Waals surface area contributed by atoms with E-state index in [9.17, 15) is 4.79 Å². The molecule has 0 aliphatic carbocycles. The van der Waals surface area contributed by atoms with Gasteiger partial charge in [0, 0.05) is 4.90 Å². The van der Waals surface area contributed by atoms with Crippen LogP contribution in [0, 0.1) is 6.92 Å². The van der Waals surface area contributed by atoms with Gasteiger partial charge in [-0.3, -0.25) is 0 Å². The van der Waals surface area contributed by atoms with E-state index in [0.717, 1.165) is 16.2 Å². The van der Waals surface area contributed by atoms with Crippen molar-refractivity contribution < 1.29 is 9.90 Å². The summed E-state index contributed by atoms with van der Waals surface area (Å²) in [4.78, 5) is 11.9. The van der Waals surface area contributed by atoms with Gasteiger partial charge in [-0.15, -0.1) is 11.8 Å². The van der Waals surface area contributed by atoms with Crippen molar-refractivity contribution in [2.45, 2.75) is 31.6 Å². The average molecular weight is 224 g/mol. The number of rotatable bonds is 5. The molecule has 1 rings (SSSR count). The van der Waals surface area contributed by atoms with Crippen LogP contribution in [0.4, 0.5) is 0 Å². The van der Waals surface area contributed by atoms with Gasteiger partial charge in [-0.2, -0.15) is 0 Å². The molecule has 0 heterocycles. The Balaban J connectivity index is 2.69. The number of carbonyl (C=O) groups is 1. The number of carboxylic acids is 1. The molecule has 0 aliphatic heterocycles. The lowest BCUT2D eigenvalue weighted by Gasteiger charge is -2.04. The van der Waals surface area contributed by atoms with Crippen LogP contribution in [0.25, 0.3) is 0 Å². The number of aryl methyl sites for hydroxylation is 1. The summed E-state index contributed by atoms with van der Waals surface area (Å²) in [5.74, 6) is 0.250. The number of benzene rings is 1. The zero-order valence-electron chi connectivity index (χ0n) is 9.12. The molecule has 0 radical (unpaired) electrons. The first-order valence-corrected chi connectivity index (χ1v) is 6.10. The van der Waals surface area contributed by atoms with E-state index >= 15 is 0 Å². The molecule has 0 amide bonds. The van der Waals surface area contributed by atoms with Crippen LogP contribution < -0.4 is 0 Å². The second-order valence-electron chi connectivity index (χ2n) is 3.48. The first-order chi connectivity index (χ1) is 7.15. The highest BCUT2D eigenvalue weighted by Crippen LogP contribution is 2.22. The van der Waals surface area contributed by atoms with Crippen LogP contribution in [0.1, 0.15) is 35.7 Å². The molecule has 3 heteroatoms. The molecule has 0 saturated carbocycles. The smallest absolute Gasteiger partial charge is 0.335 e. The van der Waals surface area contributed by atoms with E-state index in [-0.39, 0.29) is 0 Å². The normalized spacial score (nSPS) is 10.3. The van der Waals surface area contributed by atoms with E-state index in [1.54, 1.807) is 17.8 Å². The quantitative estimate of drug-likeness (QED) is 0.613. The number of unbranched alkanes of at least 4 members (excludes halogenated alkanes) is 1. The fraction of sp³-hybridized carbons (Fsp3) is 0.417. The van der Waals surface area contributed by atoms with Crippen molar-refractivity contribution in [2.24, 2.45) is 0 Å². The molecule has 0 aliphatic rings. The summed E-state index contributed by atoms with van der Waals surface area (Å²) in [6.07, 6.45) is 2.39. The summed E-state index contributed by atoms with van der Waals surface area (Å²) < 4.78 is 0. The predicted molar refractivity (Wildman–Crippen MR) is 63.8 cm³/mol. The summed E-state index contributed by atoms with van der Waals surface area (Å²) in [7, 11) is 0.